The average molecular weight is 341 g/mol. The Morgan fingerprint density at radius 2 is 1.50 bits per heavy atom. The maximum Gasteiger partial charge on any atom is 0.338 e. The number of hydrogen-bond acceptors (Lipinski definition) is 7. The molecule has 0 rings (SSSR count). The van der Waals surface area contributed by atoms with Crippen molar-refractivity contribution in [2.45, 2.75) is 77.5 Å². The highest BCUT2D eigenvalue weighted by Gasteiger charge is 2.50. The molecular formula is C17H31N3O4. The molecule has 0 aromatic heterocycles. The predicted molar refractivity (Wildman–Crippen MR) is 90.9 cm³/mol. The number of carbonyl (C=O) groups is 2. The second-order valence-electron chi connectivity index (χ2n) is 7.64. The lowest BCUT2D eigenvalue weighted by Gasteiger charge is -2.35. The fourth-order valence-electron chi connectivity index (χ4n) is 1.95. The molecule has 0 aliphatic carbocycles. The number of hydrogen-bond donors (Lipinski definition) is 2. The lowest BCUT2D eigenvalue weighted by molar-refractivity contribution is -0.179. The lowest BCUT2D eigenvalue weighted by atomic mass is 9.92. The van der Waals surface area contributed by atoms with Gasteiger partial charge in [0.15, 0.2) is 0 Å². The van der Waals surface area contributed by atoms with Crippen LogP contribution in [0.1, 0.15) is 60.8 Å². The Bertz CT molecular complexity index is 442. The van der Waals surface area contributed by atoms with Gasteiger partial charge in [-0.2, -0.15) is 5.26 Å². The Morgan fingerprint density at radius 1 is 1.04 bits per heavy atom. The van der Waals surface area contributed by atoms with Gasteiger partial charge in [-0.3, -0.25) is 5.32 Å². The van der Waals surface area contributed by atoms with Gasteiger partial charge in [0, 0.05) is 13.0 Å². The van der Waals surface area contributed by atoms with Crippen molar-refractivity contribution in [1.82, 2.24) is 5.32 Å². The van der Waals surface area contributed by atoms with Crippen LogP contribution in [0.4, 0.5) is 0 Å². The van der Waals surface area contributed by atoms with Crippen molar-refractivity contribution in [3.05, 3.63) is 0 Å². The van der Waals surface area contributed by atoms with E-state index in [4.69, 9.17) is 20.5 Å². The van der Waals surface area contributed by atoms with Crippen LogP contribution < -0.4 is 11.1 Å². The third-order valence-corrected chi connectivity index (χ3v) is 2.91. The smallest absolute Gasteiger partial charge is 0.338 e. The summed E-state index contributed by atoms with van der Waals surface area (Å²) in [6, 6.07) is 1.98. The maximum atomic E-state index is 12.8. The van der Waals surface area contributed by atoms with E-state index in [1.54, 1.807) is 41.5 Å². The molecule has 0 aromatic rings. The van der Waals surface area contributed by atoms with Crippen molar-refractivity contribution in [3.8, 4) is 6.07 Å². The average Bonchev–Trinajstić information content (AvgIpc) is 2.38. The number of ether oxygens (including phenoxy) is 2. The molecule has 0 aromatic carbocycles. The van der Waals surface area contributed by atoms with E-state index in [1.165, 1.54) is 0 Å². The summed E-state index contributed by atoms with van der Waals surface area (Å²) in [4.78, 5) is 25.6. The van der Waals surface area contributed by atoms with Gasteiger partial charge in [-0.15, -0.1) is 0 Å². The van der Waals surface area contributed by atoms with E-state index < -0.39 is 28.7 Å². The molecule has 0 aliphatic heterocycles. The molecule has 0 aliphatic rings. The van der Waals surface area contributed by atoms with E-state index in [0.29, 0.717) is 13.0 Å². The Balaban J connectivity index is 5.70. The highest BCUT2D eigenvalue weighted by molar-refractivity contribution is 6.05. The van der Waals surface area contributed by atoms with Gasteiger partial charge in [0.25, 0.3) is 0 Å². The zero-order chi connectivity index (χ0) is 19.0. The molecular weight excluding hydrogens is 310 g/mol. The van der Waals surface area contributed by atoms with Gasteiger partial charge in [0.05, 0.1) is 6.07 Å². The summed E-state index contributed by atoms with van der Waals surface area (Å²) < 4.78 is 10.9. The molecule has 0 bridgehead atoms. The van der Waals surface area contributed by atoms with Gasteiger partial charge in [-0.25, -0.2) is 9.59 Å². The van der Waals surface area contributed by atoms with Crippen LogP contribution in [0, 0.1) is 11.3 Å². The molecule has 0 radical (unpaired) electrons. The number of nitrogens with zero attached hydrogens (tertiary/aromatic N) is 1. The topological polar surface area (TPSA) is 114 Å². The molecule has 7 nitrogen and oxygen atoms in total. The van der Waals surface area contributed by atoms with Crippen LogP contribution in [0.2, 0.25) is 0 Å². The lowest BCUT2D eigenvalue weighted by Crippen LogP contribution is -2.62. The Kier molecular flexibility index (Phi) is 8.38. The molecule has 0 spiro atoms. The van der Waals surface area contributed by atoms with E-state index in [2.05, 4.69) is 5.32 Å². The summed E-state index contributed by atoms with van der Waals surface area (Å²) in [6.45, 7) is 10.8. The molecule has 0 saturated heterocycles. The van der Waals surface area contributed by atoms with Crippen LogP contribution in [-0.4, -0.2) is 41.8 Å². The monoisotopic (exact) mass is 341 g/mol. The van der Waals surface area contributed by atoms with Crippen LogP contribution >= 0.6 is 0 Å². The zero-order valence-corrected chi connectivity index (χ0v) is 15.7. The summed E-state index contributed by atoms with van der Waals surface area (Å²) in [5.41, 5.74) is 2.37. The van der Waals surface area contributed by atoms with Crippen molar-refractivity contribution in [3.63, 3.8) is 0 Å². The first-order valence-electron chi connectivity index (χ1n) is 8.17. The Hall–Kier alpha value is -1.65. The molecule has 0 saturated carbocycles. The van der Waals surface area contributed by atoms with Crippen LogP contribution in [0.15, 0.2) is 0 Å². The first kappa shape index (κ1) is 22.4. The number of nitriles is 1. The van der Waals surface area contributed by atoms with Crippen LogP contribution in [-0.2, 0) is 19.1 Å². The normalized spacial score (nSPS) is 12.4. The second kappa shape index (κ2) is 9.00. The van der Waals surface area contributed by atoms with Gasteiger partial charge in [-0.05, 0) is 60.9 Å². The standard InChI is InChI=1S/C17H31N3O4/c1-15(2,3)23-13(21)17(9-7-10-18,20-12-8-11-19)14(22)24-16(4,5)6/h20H,7-10,12,18H2,1-6H3. The van der Waals surface area contributed by atoms with E-state index in [0.717, 1.165) is 0 Å². The van der Waals surface area contributed by atoms with Gasteiger partial charge < -0.3 is 15.2 Å². The predicted octanol–water partition coefficient (Wildman–Crippen LogP) is 1.65. The molecule has 0 fully saturated rings. The number of esters is 2. The van der Waals surface area contributed by atoms with Crippen molar-refractivity contribution < 1.29 is 19.1 Å². The summed E-state index contributed by atoms with van der Waals surface area (Å²) in [7, 11) is 0. The van der Waals surface area contributed by atoms with Gasteiger partial charge >= 0.3 is 11.9 Å². The largest absolute Gasteiger partial charge is 0.458 e. The third kappa shape index (κ3) is 7.75. The number of nitrogens with one attached hydrogen (secondary N) is 1. The summed E-state index contributed by atoms with van der Waals surface area (Å²) >= 11 is 0. The molecule has 0 amide bonds. The molecule has 138 valence electrons. The first-order valence-corrected chi connectivity index (χ1v) is 8.17. The van der Waals surface area contributed by atoms with Crippen molar-refractivity contribution in [1.29, 1.82) is 5.26 Å². The highest BCUT2D eigenvalue weighted by Crippen LogP contribution is 2.24. The van der Waals surface area contributed by atoms with Crippen LogP contribution in [0.5, 0.6) is 0 Å². The Labute approximate surface area is 144 Å². The number of carbonyl (C=O) groups excluding carboxylic acids is 2. The zero-order valence-electron chi connectivity index (χ0n) is 15.7. The minimum Gasteiger partial charge on any atom is -0.458 e. The van der Waals surface area contributed by atoms with Gasteiger partial charge in [0.2, 0.25) is 5.54 Å². The molecule has 24 heavy (non-hydrogen) atoms. The molecule has 7 heteroatoms. The third-order valence-electron chi connectivity index (χ3n) is 2.91. The van der Waals surface area contributed by atoms with Gasteiger partial charge in [-0.1, -0.05) is 0 Å². The van der Waals surface area contributed by atoms with E-state index in [9.17, 15) is 9.59 Å². The molecule has 0 unspecified atom stereocenters. The SMILES string of the molecule is CC(C)(C)OC(=O)C(CCCN)(NCCC#N)C(=O)OC(C)(C)C. The van der Waals surface area contributed by atoms with E-state index in [1.807, 2.05) is 6.07 Å². The number of nitrogens with two attached hydrogens (primary N) is 1. The minimum absolute atomic E-state index is 0.138. The molecule has 3 N–H and O–H groups in total. The van der Waals surface area contributed by atoms with Gasteiger partial charge in [0.1, 0.15) is 11.2 Å². The summed E-state index contributed by atoms with van der Waals surface area (Å²) in [6.07, 6.45) is 0.715. The first-order chi connectivity index (χ1) is 10.9. The quantitative estimate of drug-likeness (QED) is 0.392. The summed E-state index contributed by atoms with van der Waals surface area (Å²) in [5, 5.41) is 11.6. The van der Waals surface area contributed by atoms with E-state index >= 15 is 0 Å². The van der Waals surface area contributed by atoms with Crippen molar-refractivity contribution >= 4 is 11.9 Å². The molecule has 0 atom stereocenters. The fourth-order valence-corrected chi connectivity index (χ4v) is 1.95. The highest BCUT2D eigenvalue weighted by atomic mass is 16.6. The van der Waals surface area contributed by atoms with E-state index in [-0.39, 0.29) is 19.4 Å². The minimum atomic E-state index is -1.67. The molecule has 0 heterocycles. The fraction of sp³-hybridized carbons (Fsp3) is 0.824. The van der Waals surface area contributed by atoms with Crippen LogP contribution in [0.25, 0.3) is 0 Å². The van der Waals surface area contributed by atoms with Crippen molar-refractivity contribution in [2.24, 2.45) is 5.73 Å². The van der Waals surface area contributed by atoms with Crippen LogP contribution in [0.3, 0.4) is 0 Å². The second-order valence-corrected chi connectivity index (χ2v) is 7.64. The maximum absolute atomic E-state index is 12.8. The summed E-state index contributed by atoms with van der Waals surface area (Å²) in [5.74, 6) is -1.42. The number of rotatable bonds is 8. The Morgan fingerprint density at radius 3 is 1.83 bits per heavy atom. The van der Waals surface area contributed by atoms with Crippen molar-refractivity contribution in [2.75, 3.05) is 13.1 Å².